The van der Waals surface area contributed by atoms with Crippen LogP contribution in [0.1, 0.15) is 18.5 Å². The van der Waals surface area contributed by atoms with E-state index < -0.39 is 27.8 Å². The molecule has 5 nitrogen and oxygen atoms in total. The van der Waals surface area contributed by atoms with E-state index in [1.165, 1.54) is 0 Å². The molecule has 0 saturated heterocycles. The van der Waals surface area contributed by atoms with Crippen molar-refractivity contribution in [3.05, 3.63) is 34.3 Å². The van der Waals surface area contributed by atoms with E-state index >= 15 is 0 Å². The minimum absolute atomic E-state index is 0.491. The maximum absolute atomic E-state index is 11.4. The number of carbonyl (C=O) groups is 1. The predicted octanol–water partition coefficient (Wildman–Crippen LogP) is 1.51. The van der Waals surface area contributed by atoms with Gasteiger partial charge in [-0.1, -0.05) is 34.1 Å². The minimum Gasteiger partial charge on any atom is -0.480 e. The zero-order valence-electron chi connectivity index (χ0n) is 9.05. The molecule has 0 aliphatic rings. The number of nitrogens with one attached hydrogen (secondary N) is 1. The molecule has 0 radical (unpaired) electrons. The molecule has 17 heavy (non-hydrogen) atoms. The molecular formula is C10H12BrNO4S. The van der Waals surface area contributed by atoms with Crippen molar-refractivity contribution in [3.8, 4) is 0 Å². The number of hydrogen-bond donors (Lipinski definition) is 2. The van der Waals surface area contributed by atoms with Crippen LogP contribution in [0.2, 0.25) is 0 Å². The number of carboxylic acid groups (broad SMARTS) is 1. The van der Waals surface area contributed by atoms with Crippen LogP contribution in [0, 0.1) is 0 Å². The zero-order chi connectivity index (χ0) is 13.1. The highest BCUT2D eigenvalue weighted by atomic mass is 79.9. The molecule has 0 spiro atoms. The van der Waals surface area contributed by atoms with Crippen LogP contribution in [-0.2, 0) is 14.8 Å². The molecule has 0 fully saturated rings. The smallest absolute Gasteiger partial charge is 0.320 e. The van der Waals surface area contributed by atoms with Gasteiger partial charge in [-0.3, -0.25) is 4.79 Å². The van der Waals surface area contributed by atoms with Crippen molar-refractivity contribution in [2.24, 2.45) is 0 Å². The van der Waals surface area contributed by atoms with Gasteiger partial charge in [-0.15, -0.1) is 0 Å². The van der Waals surface area contributed by atoms with Crippen LogP contribution in [0.25, 0.3) is 0 Å². The van der Waals surface area contributed by atoms with Crippen molar-refractivity contribution in [3.63, 3.8) is 0 Å². The summed E-state index contributed by atoms with van der Waals surface area (Å²) in [6.07, 6.45) is 0. The van der Waals surface area contributed by atoms with Crippen molar-refractivity contribution in [2.45, 2.75) is 13.0 Å². The van der Waals surface area contributed by atoms with Crippen LogP contribution >= 0.6 is 15.9 Å². The molecule has 94 valence electrons. The summed E-state index contributed by atoms with van der Waals surface area (Å²) in [6, 6.07) is 6.65. The third-order valence-corrected chi connectivity index (χ3v) is 4.10. The summed E-state index contributed by atoms with van der Waals surface area (Å²) >= 11 is 3.30. The van der Waals surface area contributed by atoms with Gasteiger partial charge in [0, 0.05) is 10.5 Å². The molecule has 0 aliphatic carbocycles. The van der Waals surface area contributed by atoms with E-state index in [1.807, 2.05) is 6.07 Å². The van der Waals surface area contributed by atoms with Crippen LogP contribution in [0.4, 0.5) is 0 Å². The Bertz CT molecular complexity index is 515. The van der Waals surface area contributed by atoms with E-state index in [4.69, 9.17) is 5.11 Å². The second-order valence-electron chi connectivity index (χ2n) is 3.51. The SMILES string of the molecule is C[C@H](NS(=O)(=O)CC(=O)O)c1ccccc1Br. The van der Waals surface area contributed by atoms with Gasteiger partial charge >= 0.3 is 5.97 Å². The van der Waals surface area contributed by atoms with Gasteiger partial charge in [-0.2, -0.15) is 0 Å². The second-order valence-corrected chi connectivity index (χ2v) is 6.12. The first kappa shape index (κ1) is 14.1. The Morgan fingerprint density at radius 1 is 1.47 bits per heavy atom. The molecule has 0 unspecified atom stereocenters. The molecule has 0 bridgehead atoms. The summed E-state index contributed by atoms with van der Waals surface area (Å²) in [6.45, 7) is 1.65. The summed E-state index contributed by atoms with van der Waals surface area (Å²) in [5.41, 5.74) is 0.751. The average molecular weight is 322 g/mol. The fourth-order valence-electron chi connectivity index (χ4n) is 1.36. The van der Waals surface area contributed by atoms with E-state index in [0.29, 0.717) is 0 Å². The molecule has 0 aromatic heterocycles. The molecule has 2 N–H and O–H groups in total. The van der Waals surface area contributed by atoms with Crippen molar-refractivity contribution >= 4 is 31.9 Å². The van der Waals surface area contributed by atoms with E-state index in [9.17, 15) is 13.2 Å². The van der Waals surface area contributed by atoms with Crippen LogP contribution < -0.4 is 4.72 Å². The Balaban J connectivity index is 2.83. The fraction of sp³-hybridized carbons (Fsp3) is 0.300. The van der Waals surface area contributed by atoms with Gasteiger partial charge in [-0.05, 0) is 18.6 Å². The highest BCUT2D eigenvalue weighted by Crippen LogP contribution is 2.23. The minimum atomic E-state index is -3.82. The molecule has 1 atom stereocenters. The largest absolute Gasteiger partial charge is 0.480 e. The number of sulfonamides is 1. The van der Waals surface area contributed by atoms with Gasteiger partial charge in [0.05, 0.1) is 0 Å². The molecule has 1 rings (SSSR count). The fourth-order valence-corrected chi connectivity index (χ4v) is 3.07. The van der Waals surface area contributed by atoms with Gasteiger partial charge in [0.15, 0.2) is 5.75 Å². The van der Waals surface area contributed by atoms with E-state index in [-0.39, 0.29) is 0 Å². The summed E-state index contributed by atoms with van der Waals surface area (Å²) in [4.78, 5) is 10.4. The van der Waals surface area contributed by atoms with Crippen LogP contribution in [0.15, 0.2) is 28.7 Å². The number of aliphatic carboxylic acids is 1. The monoisotopic (exact) mass is 321 g/mol. The Kier molecular flexibility index (Phi) is 4.67. The Morgan fingerprint density at radius 3 is 2.59 bits per heavy atom. The number of benzene rings is 1. The molecule has 0 heterocycles. The number of rotatable bonds is 5. The second kappa shape index (κ2) is 5.61. The molecule has 1 aromatic carbocycles. The summed E-state index contributed by atoms with van der Waals surface area (Å²) < 4.78 is 25.9. The Labute approximate surface area is 108 Å². The molecule has 0 aliphatic heterocycles. The topological polar surface area (TPSA) is 83.5 Å². The van der Waals surface area contributed by atoms with Crippen molar-refractivity contribution < 1.29 is 18.3 Å². The highest BCUT2D eigenvalue weighted by Gasteiger charge is 2.20. The number of halogens is 1. The molecule has 1 aromatic rings. The standard InChI is InChI=1S/C10H12BrNO4S/c1-7(8-4-2-3-5-9(8)11)12-17(15,16)6-10(13)14/h2-5,7,12H,6H2,1H3,(H,13,14)/t7-/m0/s1. The van der Waals surface area contributed by atoms with Crippen molar-refractivity contribution in [1.29, 1.82) is 0 Å². The third-order valence-electron chi connectivity index (χ3n) is 2.04. The third kappa shape index (κ3) is 4.45. The maximum atomic E-state index is 11.4. The quantitative estimate of drug-likeness (QED) is 0.861. The lowest BCUT2D eigenvalue weighted by atomic mass is 10.1. The van der Waals surface area contributed by atoms with E-state index in [2.05, 4.69) is 20.7 Å². The highest BCUT2D eigenvalue weighted by molar-refractivity contribution is 9.10. The van der Waals surface area contributed by atoms with Crippen LogP contribution in [-0.4, -0.2) is 25.2 Å². The Morgan fingerprint density at radius 2 is 2.06 bits per heavy atom. The predicted molar refractivity (Wildman–Crippen MR) is 67.1 cm³/mol. The summed E-state index contributed by atoms with van der Waals surface area (Å²) in [5, 5.41) is 8.46. The summed E-state index contributed by atoms with van der Waals surface area (Å²) in [7, 11) is -3.82. The lowest BCUT2D eigenvalue weighted by Crippen LogP contribution is -2.32. The van der Waals surface area contributed by atoms with Crippen LogP contribution in [0.5, 0.6) is 0 Å². The maximum Gasteiger partial charge on any atom is 0.320 e. The summed E-state index contributed by atoms with van der Waals surface area (Å²) in [5.74, 6) is -2.31. The number of hydrogen-bond acceptors (Lipinski definition) is 3. The molecular weight excluding hydrogens is 310 g/mol. The van der Waals surface area contributed by atoms with Crippen molar-refractivity contribution in [2.75, 3.05) is 5.75 Å². The van der Waals surface area contributed by atoms with Gasteiger partial charge in [-0.25, -0.2) is 13.1 Å². The molecule has 0 amide bonds. The lowest BCUT2D eigenvalue weighted by molar-refractivity contribution is -0.134. The molecule has 7 heteroatoms. The van der Waals surface area contributed by atoms with Gasteiger partial charge < -0.3 is 5.11 Å². The zero-order valence-corrected chi connectivity index (χ0v) is 11.5. The first-order chi connectivity index (χ1) is 7.82. The number of carboxylic acids is 1. The average Bonchev–Trinajstić information content (AvgIpc) is 2.14. The normalized spacial score (nSPS) is 13.3. The first-order valence-electron chi connectivity index (χ1n) is 4.78. The van der Waals surface area contributed by atoms with Crippen LogP contribution in [0.3, 0.4) is 0 Å². The van der Waals surface area contributed by atoms with Gasteiger partial charge in [0.25, 0.3) is 0 Å². The van der Waals surface area contributed by atoms with Crippen molar-refractivity contribution in [1.82, 2.24) is 4.72 Å². The van der Waals surface area contributed by atoms with Gasteiger partial charge in [0.1, 0.15) is 0 Å². The molecule has 0 saturated carbocycles. The lowest BCUT2D eigenvalue weighted by Gasteiger charge is -2.15. The Hall–Kier alpha value is -0.920. The van der Waals surface area contributed by atoms with E-state index in [0.717, 1.165) is 10.0 Å². The van der Waals surface area contributed by atoms with Gasteiger partial charge in [0.2, 0.25) is 10.0 Å². The van der Waals surface area contributed by atoms with E-state index in [1.54, 1.807) is 25.1 Å². The first-order valence-corrected chi connectivity index (χ1v) is 7.22.